The predicted octanol–water partition coefficient (Wildman–Crippen LogP) is 1.68. The zero-order valence-electron chi connectivity index (χ0n) is 11.0. The largest absolute Gasteiger partial charge is 0.480 e. The fraction of sp³-hybridized carbons (Fsp3) is 0.385. The van der Waals surface area contributed by atoms with E-state index in [-0.39, 0.29) is 5.91 Å². The Balaban J connectivity index is 2.25. The fourth-order valence-corrected chi connectivity index (χ4v) is 1.70. The first-order valence-electron chi connectivity index (χ1n) is 5.93. The molecule has 0 aliphatic carbocycles. The van der Waals surface area contributed by atoms with Crippen LogP contribution in [0, 0.1) is 0 Å². The van der Waals surface area contributed by atoms with Gasteiger partial charge in [0.15, 0.2) is 6.10 Å². The summed E-state index contributed by atoms with van der Waals surface area (Å²) in [5.74, 6) is -0.605. The van der Waals surface area contributed by atoms with Crippen molar-refractivity contribution in [3.8, 4) is 5.75 Å². The number of rotatable bonds is 3. The molecule has 102 valence electrons. The summed E-state index contributed by atoms with van der Waals surface area (Å²) in [6.45, 7) is 4.79. The van der Waals surface area contributed by atoms with Crippen molar-refractivity contribution < 1.29 is 19.4 Å². The minimum absolute atomic E-state index is 0.220. The minimum Gasteiger partial charge on any atom is -0.480 e. The second kappa shape index (κ2) is 4.46. The molecule has 1 aliphatic rings. The highest BCUT2D eigenvalue weighted by Gasteiger charge is 2.28. The summed E-state index contributed by atoms with van der Waals surface area (Å²) in [7, 11) is 0. The zero-order valence-corrected chi connectivity index (χ0v) is 11.0. The topological polar surface area (TPSA) is 87.7 Å². The van der Waals surface area contributed by atoms with Gasteiger partial charge in [0.1, 0.15) is 11.3 Å². The van der Waals surface area contributed by atoms with E-state index >= 15 is 0 Å². The summed E-state index contributed by atoms with van der Waals surface area (Å²) in [6.07, 6.45) is -0.526. The van der Waals surface area contributed by atoms with Crippen LogP contribution < -0.4 is 15.4 Å². The smallest absolute Gasteiger partial charge is 0.328 e. The molecule has 1 unspecified atom stereocenters. The van der Waals surface area contributed by atoms with Crippen LogP contribution in [-0.2, 0) is 9.59 Å². The second-order valence-corrected chi connectivity index (χ2v) is 5.02. The summed E-state index contributed by atoms with van der Waals surface area (Å²) in [6, 6.07) is 5.07. The molecule has 0 aromatic heterocycles. The van der Waals surface area contributed by atoms with Gasteiger partial charge >= 0.3 is 5.97 Å². The number of carboxylic acid groups (broad SMARTS) is 1. The predicted molar refractivity (Wildman–Crippen MR) is 70.5 cm³/mol. The number of fused-ring (bicyclic) bond motifs is 1. The van der Waals surface area contributed by atoms with Crippen LogP contribution in [-0.4, -0.2) is 28.6 Å². The number of carboxylic acids is 1. The van der Waals surface area contributed by atoms with Crippen molar-refractivity contribution in [3.63, 3.8) is 0 Å². The van der Waals surface area contributed by atoms with E-state index < -0.39 is 17.6 Å². The average molecular weight is 264 g/mol. The highest BCUT2D eigenvalue weighted by Crippen LogP contribution is 2.32. The molecule has 6 heteroatoms. The molecule has 1 heterocycles. The molecular weight excluding hydrogens is 248 g/mol. The number of nitrogens with one attached hydrogen (secondary N) is 2. The van der Waals surface area contributed by atoms with E-state index in [2.05, 4.69) is 10.6 Å². The number of benzene rings is 1. The van der Waals surface area contributed by atoms with Gasteiger partial charge in [0.2, 0.25) is 0 Å². The quantitative estimate of drug-likeness (QED) is 0.773. The Bertz CT molecular complexity index is 539. The van der Waals surface area contributed by atoms with Crippen molar-refractivity contribution in [2.45, 2.75) is 32.4 Å². The lowest BCUT2D eigenvalue weighted by atomic mass is 10.1. The summed E-state index contributed by atoms with van der Waals surface area (Å²) < 4.78 is 5.42. The van der Waals surface area contributed by atoms with Crippen molar-refractivity contribution in [2.75, 3.05) is 10.6 Å². The van der Waals surface area contributed by atoms with Crippen LogP contribution >= 0.6 is 0 Å². The van der Waals surface area contributed by atoms with Gasteiger partial charge < -0.3 is 20.5 Å². The van der Waals surface area contributed by atoms with E-state index in [9.17, 15) is 9.59 Å². The molecule has 1 aliphatic heterocycles. The molecule has 1 aromatic rings. The van der Waals surface area contributed by atoms with E-state index in [1.165, 1.54) is 0 Å². The van der Waals surface area contributed by atoms with E-state index in [4.69, 9.17) is 9.84 Å². The molecule has 1 aromatic carbocycles. The molecule has 0 saturated heterocycles. The van der Waals surface area contributed by atoms with E-state index in [0.29, 0.717) is 17.1 Å². The lowest BCUT2D eigenvalue weighted by Crippen LogP contribution is -2.40. The zero-order chi connectivity index (χ0) is 14.2. The fourth-order valence-electron chi connectivity index (χ4n) is 1.70. The van der Waals surface area contributed by atoms with Crippen LogP contribution in [0.25, 0.3) is 0 Å². The third kappa shape index (κ3) is 2.62. The lowest BCUT2D eigenvalue weighted by Gasteiger charge is -2.26. The van der Waals surface area contributed by atoms with Gasteiger partial charge in [0.25, 0.3) is 5.91 Å². The molecule has 6 nitrogen and oxygen atoms in total. The number of carbonyl (C=O) groups excluding carboxylic acids is 1. The molecule has 2 rings (SSSR count). The Labute approximate surface area is 110 Å². The van der Waals surface area contributed by atoms with Crippen molar-refractivity contribution >= 4 is 23.3 Å². The van der Waals surface area contributed by atoms with Gasteiger partial charge in [0.05, 0.1) is 5.69 Å². The number of hydrogen-bond donors (Lipinski definition) is 3. The number of amides is 1. The molecule has 1 amide bonds. The third-order valence-electron chi connectivity index (χ3n) is 2.90. The van der Waals surface area contributed by atoms with E-state index in [1.54, 1.807) is 39.0 Å². The maximum absolute atomic E-state index is 11.5. The van der Waals surface area contributed by atoms with Crippen molar-refractivity contribution in [3.05, 3.63) is 18.2 Å². The third-order valence-corrected chi connectivity index (χ3v) is 2.90. The summed E-state index contributed by atoms with van der Waals surface area (Å²) >= 11 is 0. The Morgan fingerprint density at radius 2 is 2.16 bits per heavy atom. The molecule has 0 spiro atoms. The van der Waals surface area contributed by atoms with Crippen LogP contribution in [0.2, 0.25) is 0 Å². The first kappa shape index (κ1) is 13.2. The monoisotopic (exact) mass is 264 g/mol. The summed E-state index contributed by atoms with van der Waals surface area (Å²) in [5.41, 5.74) is 0.0417. The van der Waals surface area contributed by atoms with Gasteiger partial charge in [-0.15, -0.1) is 0 Å². The second-order valence-electron chi connectivity index (χ2n) is 5.02. The minimum atomic E-state index is -1.10. The van der Waals surface area contributed by atoms with Crippen LogP contribution in [0.4, 0.5) is 11.4 Å². The van der Waals surface area contributed by atoms with Crippen LogP contribution in [0.1, 0.15) is 20.8 Å². The maximum atomic E-state index is 11.5. The molecule has 1 atom stereocenters. The van der Waals surface area contributed by atoms with E-state index in [1.807, 2.05) is 0 Å². The van der Waals surface area contributed by atoms with E-state index in [0.717, 1.165) is 0 Å². The Kier molecular flexibility index (Phi) is 3.09. The van der Waals surface area contributed by atoms with Crippen LogP contribution in [0.15, 0.2) is 18.2 Å². The van der Waals surface area contributed by atoms with Gasteiger partial charge in [-0.2, -0.15) is 0 Å². The Morgan fingerprint density at radius 1 is 1.47 bits per heavy atom. The normalized spacial score (nSPS) is 18.1. The summed E-state index contributed by atoms with van der Waals surface area (Å²) in [5, 5.41) is 14.7. The van der Waals surface area contributed by atoms with Crippen molar-refractivity contribution in [2.24, 2.45) is 0 Å². The standard InChI is InChI=1S/C13H16N2O4/c1-7-11(16)14-9-6-8(4-5-10(9)19-7)15-13(2,3)12(17)18/h4-7,15H,1-3H3,(H,14,16)(H,17,18). The first-order valence-corrected chi connectivity index (χ1v) is 5.93. The molecule has 0 radical (unpaired) electrons. The highest BCUT2D eigenvalue weighted by atomic mass is 16.5. The molecule has 3 N–H and O–H groups in total. The highest BCUT2D eigenvalue weighted by molar-refractivity contribution is 5.98. The lowest BCUT2D eigenvalue weighted by molar-refractivity contribution is -0.141. The SMILES string of the molecule is CC1Oc2ccc(NC(C)(C)C(=O)O)cc2NC1=O. The first-order chi connectivity index (χ1) is 8.79. The van der Waals surface area contributed by atoms with Crippen LogP contribution in [0.5, 0.6) is 5.75 Å². The van der Waals surface area contributed by atoms with Crippen molar-refractivity contribution in [1.82, 2.24) is 0 Å². The number of ether oxygens (including phenoxy) is 1. The number of carbonyl (C=O) groups is 2. The van der Waals surface area contributed by atoms with Crippen molar-refractivity contribution in [1.29, 1.82) is 0 Å². The number of hydrogen-bond acceptors (Lipinski definition) is 4. The summed E-state index contributed by atoms with van der Waals surface area (Å²) in [4.78, 5) is 22.6. The Hall–Kier alpha value is -2.24. The van der Waals surface area contributed by atoms with Gasteiger partial charge in [-0.1, -0.05) is 0 Å². The number of aliphatic carboxylic acids is 1. The number of anilines is 2. The van der Waals surface area contributed by atoms with Gasteiger partial charge in [0, 0.05) is 5.69 Å². The van der Waals surface area contributed by atoms with Gasteiger partial charge in [-0.3, -0.25) is 4.79 Å². The van der Waals surface area contributed by atoms with Gasteiger partial charge in [-0.25, -0.2) is 4.79 Å². The maximum Gasteiger partial charge on any atom is 0.328 e. The van der Waals surface area contributed by atoms with Crippen LogP contribution in [0.3, 0.4) is 0 Å². The molecule has 0 bridgehead atoms. The molecule has 0 saturated carbocycles. The average Bonchev–Trinajstić information content (AvgIpc) is 2.30. The Morgan fingerprint density at radius 3 is 2.79 bits per heavy atom. The molecule has 0 fully saturated rings. The molecular formula is C13H16N2O4. The molecule has 19 heavy (non-hydrogen) atoms. The van der Waals surface area contributed by atoms with Gasteiger partial charge in [-0.05, 0) is 39.0 Å².